The minimum absolute atomic E-state index is 0.0235. The highest BCUT2D eigenvalue weighted by atomic mass is 32.1. The molecule has 1 atom stereocenters. The highest BCUT2D eigenvalue weighted by Gasteiger charge is 2.65. The van der Waals surface area contributed by atoms with Crippen LogP contribution >= 0.6 is 11.3 Å². The summed E-state index contributed by atoms with van der Waals surface area (Å²) in [6.07, 6.45) is 5.51. The quantitative estimate of drug-likeness (QED) is 0.175. The number of fused-ring (bicyclic) bond motifs is 3. The van der Waals surface area contributed by atoms with Crippen molar-refractivity contribution in [1.29, 1.82) is 0 Å². The van der Waals surface area contributed by atoms with Crippen molar-refractivity contribution in [3.63, 3.8) is 0 Å². The maximum absolute atomic E-state index is 14.8. The SMILES string of the molecule is COc1c(F)ccc2c1CC[C@@H]2Nc1nccc2cc(-c3c4c(nc(CCc5ccccc5F)c3-c3n[nH]c(=O)o3)C35CC(CN3C4=O)C5)sc12. The molecule has 2 N–H and O–H groups in total. The van der Waals surface area contributed by atoms with Crippen molar-refractivity contribution in [2.24, 2.45) is 5.92 Å². The van der Waals surface area contributed by atoms with Crippen molar-refractivity contribution >= 4 is 33.1 Å². The van der Waals surface area contributed by atoms with Gasteiger partial charge in [-0.2, -0.15) is 0 Å². The Bertz CT molecular complexity index is 2500. The number of nitrogens with zero attached hydrogens (tertiary/aromatic N) is 4. The number of ether oxygens (including phenoxy) is 1. The van der Waals surface area contributed by atoms with Crippen molar-refractivity contribution in [3.8, 4) is 27.6 Å². The number of amides is 1. The highest BCUT2D eigenvalue weighted by Crippen LogP contribution is 2.63. The first-order valence-electron chi connectivity index (χ1n) is 17.0. The summed E-state index contributed by atoms with van der Waals surface area (Å²) in [6.45, 7) is 0.675. The van der Waals surface area contributed by atoms with Gasteiger partial charge in [-0.1, -0.05) is 24.3 Å². The third kappa shape index (κ3) is 4.39. The zero-order valence-corrected chi connectivity index (χ0v) is 28.2. The Morgan fingerprint density at radius 3 is 2.75 bits per heavy atom. The first-order valence-corrected chi connectivity index (χ1v) is 17.8. The number of aromatic nitrogens is 4. The lowest BCUT2D eigenvalue weighted by atomic mass is 9.71. The van der Waals surface area contributed by atoms with E-state index >= 15 is 0 Å². The molecule has 2 saturated heterocycles. The number of hydrogen-bond donors (Lipinski definition) is 2. The van der Waals surface area contributed by atoms with Crippen molar-refractivity contribution in [2.45, 2.75) is 50.1 Å². The van der Waals surface area contributed by atoms with Crippen LogP contribution in [0.2, 0.25) is 0 Å². The second-order valence-electron chi connectivity index (χ2n) is 13.8. The van der Waals surface area contributed by atoms with E-state index < -0.39 is 11.3 Å². The third-order valence-corrected chi connectivity index (χ3v) is 12.3. The number of pyridine rings is 2. The number of aryl methyl sites for hydroxylation is 2. The number of halogens is 2. The van der Waals surface area contributed by atoms with Crippen molar-refractivity contribution < 1.29 is 22.7 Å². The van der Waals surface area contributed by atoms with Gasteiger partial charge in [-0.3, -0.25) is 9.78 Å². The molecule has 5 aliphatic rings. The molecule has 6 aromatic rings. The van der Waals surface area contributed by atoms with Gasteiger partial charge in [-0.25, -0.2) is 23.7 Å². The molecule has 2 aliphatic carbocycles. The lowest BCUT2D eigenvalue weighted by Gasteiger charge is -2.37. The number of thiophene rings is 1. The number of methoxy groups -OCH3 is 1. The Hall–Kier alpha value is -5.43. The number of aromatic amines is 1. The van der Waals surface area contributed by atoms with E-state index in [9.17, 15) is 18.4 Å². The van der Waals surface area contributed by atoms with Crippen molar-refractivity contribution in [3.05, 3.63) is 111 Å². The predicted molar refractivity (Wildman–Crippen MR) is 186 cm³/mol. The van der Waals surface area contributed by atoms with Crippen LogP contribution in [-0.4, -0.2) is 44.6 Å². The van der Waals surface area contributed by atoms with Gasteiger partial charge in [0, 0.05) is 28.7 Å². The number of carbonyl (C=O) groups excluding carboxylic acids is 1. The second kappa shape index (κ2) is 11.0. The number of benzene rings is 2. The van der Waals surface area contributed by atoms with Gasteiger partial charge in [0.05, 0.1) is 45.9 Å². The molecule has 2 aromatic carbocycles. The molecule has 10 nitrogen and oxygen atoms in total. The van der Waals surface area contributed by atoms with Gasteiger partial charge in [0.2, 0.25) is 0 Å². The summed E-state index contributed by atoms with van der Waals surface area (Å²) >= 11 is 1.47. The molecule has 11 rings (SSSR count). The molecule has 1 amide bonds. The fourth-order valence-electron chi connectivity index (χ4n) is 8.91. The van der Waals surface area contributed by atoms with Crippen LogP contribution in [0.1, 0.15) is 63.7 Å². The molecular weight excluding hydrogens is 675 g/mol. The van der Waals surface area contributed by atoms with Crippen LogP contribution in [0, 0.1) is 17.6 Å². The van der Waals surface area contributed by atoms with Gasteiger partial charge in [-0.05, 0) is 85.2 Å². The van der Waals surface area contributed by atoms with Crippen LogP contribution in [0.15, 0.2) is 63.9 Å². The Kier molecular flexibility index (Phi) is 6.58. The first kappa shape index (κ1) is 30.4. The second-order valence-corrected chi connectivity index (χ2v) is 14.9. The summed E-state index contributed by atoms with van der Waals surface area (Å²) < 4.78 is 41.2. The normalized spacial score (nSPS) is 21.2. The van der Waals surface area contributed by atoms with Gasteiger partial charge in [0.25, 0.3) is 11.8 Å². The first-order chi connectivity index (χ1) is 24.8. The van der Waals surface area contributed by atoms with Crippen LogP contribution < -0.4 is 15.8 Å². The fourth-order valence-corrected chi connectivity index (χ4v) is 10.1. The molecule has 0 radical (unpaired) electrons. The van der Waals surface area contributed by atoms with Gasteiger partial charge in [0.1, 0.15) is 11.6 Å². The average Bonchev–Trinajstić information content (AvgIpc) is 3.96. The maximum atomic E-state index is 14.8. The summed E-state index contributed by atoms with van der Waals surface area (Å²) in [4.78, 5) is 39.4. The predicted octanol–water partition coefficient (Wildman–Crippen LogP) is 6.95. The Morgan fingerprint density at radius 1 is 1.08 bits per heavy atom. The Morgan fingerprint density at radius 2 is 1.94 bits per heavy atom. The van der Waals surface area contributed by atoms with Crippen LogP contribution in [-0.2, 0) is 24.8 Å². The monoisotopic (exact) mass is 704 g/mol. The van der Waals surface area contributed by atoms with E-state index in [4.69, 9.17) is 19.1 Å². The topological polar surface area (TPSA) is 126 Å². The molecular formula is C38H30F2N6O4S. The van der Waals surface area contributed by atoms with E-state index in [1.807, 2.05) is 17.0 Å². The summed E-state index contributed by atoms with van der Waals surface area (Å²) in [5.74, 6) is -0.109. The van der Waals surface area contributed by atoms with Crippen LogP contribution in [0.3, 0.4) is 0 Å². The number of nitrogens with one attached hydrogen (secondary N) is 2. The smallest absolute Gasteiger partial charge is 0.434 e. The van der Waals surface area contributed by atoms with E-state index in [0.717, 1.165) is 51.0 Å². The fraction of sp³-hybridized carbons (Fsp3) is 0.289. The zero-order chi connectivity index (χ0) is 34.6. The molecule has 13 heteroatoms. The Balaban J connectivity index is 1.15. The minimum atomic E-state index is -0.732. The van der Waals surface area contributed by atoms with Crippen molar-refractivity contribution in [2.75, 3.05) is 19.0 Å². The van der Waals surface area contributed by atoms with Gasteiger partial charge < -0.3 is 19.4 Å². The molecule has 1 spiro atoms. The minimum Gasteiger partial charge on any atom is -0.493 e. The third-order valence-electron chi connectivity index (χ3n) is 11.1. The lowest BCUT2D eigenvalue weighted by Crippen LogP contribution is -2.40. The summed E-state index contributed by atoms with van der Waals surface area (Å²) in [5, 5.41) is 11.1. The number of carbonyl (C=O) groups is 1. The number of anilines is 1. The molecule has 7 heterocycles. The zero-order valence-electron chi connectivity index (χ0n) is 27.4. The molecule has 4 aromatic heterocycles. The van der Waals surface area contributed by atoms with Gasteiger partial charge in [-0.15, -0.1) is 16.4 Å². The molecule has 1 saturated carbocycles. The molecule has 0 unspecified atom stereocenters. The largest absolute Gasteiger partial charge is 0.493 e. The number of H-pyrrole nitrogens is 1. The summed E-state index contributed by atoms with van der Waals surface area (Å²) in [5.41, 5.74) is 4.75. The highest BCUT2D eigenvalue weighted by molar-refractivity contribution is 7.23. The van der Waals surface area contributed by atoms with Gasteiger partial charge in [0.15, 0.2) is 11.6 Å². The maximum Gasteiger partial charge on any atom is 0.434 e. The number of hydrogen-bond acceptors (Lipinski definition) is 9. The average molecular weight is 705 g/mol. The number of rotatable bonds is 8. The molecule has 51 heavy (non-hydrogen) atoms. The van der Waals surface area contributed by atoms with Crippen LogP contribution in [0.25, 0.3) is 32.0 Å². The Labute approximate surface area is 293 Å². The summed E-state index contributed by atoms with van der Waals surface area (Å²) in [7, 11) is 1.48. The van der Waals surface area contributed by atoms with Gasteiger partial charge >= 0.3 is 5.76 Å². The standard InChI is InChI=1S/C38H30F2N6O4S/c1-49-31-22-8-11-25(21(22)7-9-24(31)40)43-34-32-20(12-13-41-34)14-27(51-32)29-28(35-44-45-37(48)50-35)26(10-6-19-4-2-3-5-23(19)39)42-33-30(29)36(47)46-17-18-15-38(33,46)16-18/h2-5,7,9,12-14,18,25H,6,8,10-11,15-17H2,1H3,(H,41,43)(H,45,48)/t18?,25-,38?/m0/s1. The van der Waals surface area contributed by atoms with Crippen LogP contribution in [0.4, 0.5) is 14.6 Å². The molecule has 2 bridgehead atoms. The van der Waals surface area contributed by atoms with Crippen LogP contribution in [0.5, 0.6) is 5.75 Å². The summed E-state index contributed by atoms with van der Waals surface area (Å²) in [6, 6.07) is 13.7. The molecule has 3 aliphatic heterocycles. The van der Waals surface area contributed by atoms with E-state index in [1.165, 1.54) is 30.6 Å². The molecule has 256 valence electrons. The lowest BCUT2D eigenvalue weighted by molar-refractivity contribution is 0.0637. The van der Waals surface area contributed by atoms with E-state index in [2.05, 4.69) is 15.5 Å². The van der Waals surface area contributed by atoms with E-state index in [-0.39, 0.29) is 35.2 Å². The van der Waals surface area contributed by atoms with Crippen molar-refractivity contribution in [1.82, 2.24) is 25.1 Å². The van der Waals surface area contributed by atoms with E-state index in [1.54, 1.807) is 30.5 Å². The molecule has 3 fully saturated rings. The van der Waals surface area contributed by atoms with E-state index in [0.29, 0.717) is 65.5 Å².